The van der Waals surface area contributed by atoms with Gasteiger partial charge in [-0.15, -0.1) is 11.3 Å². The number of aromatic nitrogens is 1. The van der Waals surface area contributed by atoms with Crippen LogP contribution in [0.1, 0.15) is 61.6 Å². The van der Waals surface area contributed by atoms with E-state index in [4.69, 9.17) is 10.1 Å². The van der Waals surface area contributed by atoms with Crippen molar-refractivity contribution in [2.24, 2.45) is 0 Å². The fourth-order valence-electron chi connectivity index (χ4n) is 2.41. The average Bonchev–Trinajstić information content (AvgIpc) is 2.79. The Labute approximate surface area is 102 Å². The zero-order valence-corrected chi connectivity index (χ0v) is 10.6. The van der Waals surface area contributed by atoms with E-state index in [2.05, 4.69) is 5.38 Å². The molecule has 0 aliphatic heterocycles. The monoisotopic (exact) mass is 239 g/mol. The van der Waals surface area contributed by atoms with Gasteiger partial charge >= 0.3 is 0 Å². The minimum absolute atomic E-state index is 0.306. The highest BCUT2D eigenvalue weighted by Crippen LogP contribution is 2.33. The first-order valence-electron chi connectivity index (χ1n) is 6.45. The van der Waals surface area contributed by atoms with Gasteiger partial charge in [-0.1, -0.05) is 19.3 Å². The number of aryl methyl sites for hydroxylation is 1. The molecule has 1 aromatic rings. The van der Waals surface area contributed by atoms with Crippen molar-refractivity contribution in [2.75, 3.05) is 6.61 Å². The molecule has 3 heteroatoms. The summed E-state index contributed by atoms with van der Waals surface area (Å²) >= 11 is 1.80. The molecule has 1 heterocycles. The van der Waals surface area contributed by atoms with E-state index in [-0.39, 0.29) is 0 Å². The van der Waals surface area contributed by atoms with Crippen LogP contribution in [0.15, 0.2) is 5.38 Å². The van der Waals surface area contributed by atoms with Crippen LogP contribution in [0, 0.1) is 0 Å². The van der Waals surface area contributed by atoms with Crippen LogP contribution < -0.4 is 0 Å². The molecular weight excluding hydrogens is 218 g/mol. The van der Waals surface area contributed by atoms with Crippen molar-refractivity contribution in [2.45, 2.75) is 57.3 Å². The lowest BCUT2D eigenvalue weighted by Crippen LogP contribution is -2.04. The molecule has 0 radical (unpaired) electrons. The molecule has 2 nitrogen and oxygen atoms in total. The second-order valence-corrected chi connectivity index (χ2v) is 5.62. The van der Waals surface area contributed by atoms with E-state index in [9.17, 15) is 0 Å². The summed E-state index contributed by atoms with van der Waals surface area (Å²) in [5.74, 6) is 0.733. The average molecular weight is 239 g/mol. The maximum atomic E-state index is 8.74. The van der Waals surface area contributed by atoms with Crippen molar-refractivity contribution in [3.05, 3.63) is 16.1 Å². The van der Waals surface area contributed by atoms with E-state index in [0.717, 1.165) is 25.2 Å². The van der Waals surface area contributed by atoms with Crippen LogP contribution in [0.5, 0.6) is 0 Å². The van der Waals surface area contributed by atoms with Gasteiger partial charge in [0.05, 0.1) is 10.7 Å². The number of unbranched alkanes of at least 4 members (excludes halogenated alkanes) is 1. The third-order valence-corrected chi connectivity index (χ3v) is 4.32. The van der Waals surface area contributed by atoms with Crippen LogP contribution >= 0.6 is 11.3 Å². The van der Waals surface area contributed by atoms with Crippen LogP contribution in [-0.2, 0) is 6.42 Å². The summed E-state index contributed by atoms with van der Waals surface area (Å²) in [4.78, 5) is 4.74. The van der Waals surface area contributed by atoms with Crippen LogP contribution in [-0.4, -0.2) is 16.7 Å². The molecule has 1 saturated carbocycles. The van der Waals surface area contributed by atoms with E-state index in [1.54, 1.807) is 11.3 Å². The third kappa shape index (κ3) is 3.29. The fraction of sp³-hybridized carbons (Fsp3) is 0.769. The van der Waals surface area contributed by atoms with Gasteiger partial charge in [0.15, 0.2) is 0 Å². The molecule has 0 spiro atoms. The number of nitrogens with zero attached hydrogens (tertiary/aromatic N) is 1. The Hall–Kier alpha value is -0.410. The van der Waals surface area contributed by atoms with Crippen molar-refractivity contribution < 1.29 is 5.11 Å². The number of hydrogen-bond donors (Lipinski definition) is 1. The van der Waals surface area contributed by atoms with E-state index >= 15 is 0 Å². The van der Waals surface area contributed by atoms with Gasteiger partial charge in [0.25, 0.3) is 0 Å². The predicted octanol–water partition coefficient (Wildman–Crippen LogP) is 3.51. The van der Waals surface area contributed by atoms with Gasteiger partial charge in [-0.3, -0.25) is 0 Å². The summed E-state index contributed by atoms with van der Waals surface area (Å²) in [6.45, 7) is 0.306. The lowest BCUT2D eigenvalue weighted by atomic mass is 9.87. The summed E-state index contributed by atoms with van der Waals surface area (Å²) < 4.78 is 0. The van der Waals surface area contributed by atoms with Crippen molar-refractivity contribution in [1.29, 1.82) is 0 Å². The van der Waals surface area contributed by atoms with Crippen LogP contribution in [0.3, 0.4) is 0 Å². The normalized spacial score (nSPS) is 17.8. The summed E-state index contributed by atoms with van der Waals surface area (Å²) in [7, 11) is 0. The molecule has 16 heavy (non-hydrogen) atoms. The zero-order valence-electron chi connectivity index (χ0n) is 9.82. The van der Waals surface area contributed by atoms with Crippen LogP contribution in [0.25, 0.3) is 0 Å². The lowest BCUT2D eigenvalue weighted by molar-refractivity contribution is 0.284. The molecule has 1 aliphatic rings. The maximum absolute atomic E-state index is 8.74. The van der Waals surface area contributed by atoms with Gasteiger partial charge in [-0.05, 0) is 32.1 Å². The number of aliphatic hydroxyl groups excluding tert-OH is 1. The highest BCUT2D eigenvalue weighted by Gasteiger charge is 2.17. The first-order chi connectivity index (χ1) is 7.90. The third-order valence-electron chi connectivity index (χ3n) is 3.39. The number of hydrogen-bond acceptors (Lipinski definition) is 3. The molecule has 1 aromatic heterocycles. The summed E-state index contributed by atoms with van der Waals surface area (Å²) in [6.07, 6.45) is 9.83. The quantitative estimate of drug-likeness (QED) is 0.798. The van der Waals surface area contributed by atoms with Crippen LogP contribution in [0.2, 0.25) is 0 Å². The Bertz CT molecular complexity index is 305. The highest BCUT2D eigenvalue weighted by atomic mass is 32.1. The van der Waals surface area contributed by atoms with Gasteiger partial charge in [-0.25, -0.2) is 4.98 Å². The Morgan fingerprint density at radius 1 is 1.25 bits per heavy atom. The van der Waals surface area contributed by atoms with Gasteiger partial charge < -0.3 is 5.11 Å². The van der Waals surface area contributed by atoms with Crippen molar-refractivity contribution >= 4 is 11.3 Å². The largest absolute Gasteiger partial charge is 0.396 e. The Balaban J connectivity index is 1.85. The maximum Gasteiger partial charge on any atom is 0.0928 e. The molecule has 2 rings (SSSR count). The summed E-state index contributed by atoms with van der Waals surface area (Å²) in [5, 5.41) is 12.2. The number of thiazole rings is 1. The standard InChI is InChI=1S/C13H21NOS/c15-9-5-4-8-13-14-12(10-16-13)11-6-2-1-3-7-11/h10-11,15H,1-9H2. The van der Waals surface area contributed by atoms with E-state index in [1.165, 1.54) is 42.8 Å². The second kappa shape index (κ2) is 6.36. The number of aliphatic hydroxyl groups is 1. The smallest absolute Gasteiger partial charge is 0.0928 e. The van der Waals surface area contributed by atoms with Gasteiger partial charge in [0, 0.05) is 17.9 Å². The molecule has 0 aromatic carbocycles. The van der Waals surface area contributed by atoms with Crippen molar-refractivity contribution in [3.63, 3.8) is 0 Å². The molecule has 1 aliphatic carbocycles. The zero-order chi connectivity index (χ0) is 11.2. The molecular formula is C13H21NOS. The first kappa shape index (κ1) is 12.1. The Kier molecular flexibility index (Phi) is 4.79. The Morgan fingerprint density at radius 3 is 2.81 bits per heavy atom. The molecule has 0 saturated heterocycles. The Morgan fingerprint density at radius 2 is 2.06 bits per heavy atom. The minimum atomic E-state index is 0.306. The van der Waals surface area contributed by atoms with Crippen molar-refractivity contribution in [1.82, 2.24) is 4.98 Å². The molecule has 1 N–H and O–H groups in total. The fourth-order valence-corrected chi connectivity index (χ4v) is 3.34. The second-order valence-electron chi connectivity index (χ2n) is 4.68. The first-order valence-corrected chi connectivity index (χ1v) is 7.33. The van der Waals surface area contributed by atoms with E-state index in [0.29, 0.717) is 6.61 Å². The molecule has 0 bridgehead atoms. The van der Waals surface area contributed by atoms with Crippen LogP contribution in [0.4, 0.5) is 0 Å². The number of rotatable bonds is 5. The highest BCUT2D eigenvalue weighted by molar-refractivity contribution is 7.09. The molecule has 0 unspecified atom stereocenters. The molecule has 0 atom stereocenters. The van der Waals surface area contributed by atoms with E-state index < -0.39 is 0 Å². The molecule has 0 amide bonds. The predicted molar refractivity (Wildman–Crippen MR) is 68.0 cm³/mol. The van der Waals surface area contributed by atoms with Crippen molar-refractivity contribution in [3.8, 4) is 0 Å². The van der Waals surface area contributed by atoms with Gasteiger partial charge in [-0.2, -0.15) is 0 Å². The van der Waals surface area contributed by atoms with Gasteiger partial charge in [0.2, 0.25) is 0 Å². The topological polar surface area (TPSA) is 33.1 Å². The summed E-state index contributed by atoms with van der Waals surface area (Å²) in [6, 6.07) is 0. The molecule has 1 fully saturated rings. The summed E-state index contributed by atoms with van der Waals surface area (Å²) in [5.41, 5.74) is 1.34. The minimum Gasteiger partial charge on any atom is -0.396 e. The SMILES string of the molecule is OCCCCc1nc(C2CCCCC2)cs1. The lowest BCUT2D eigenvalue weighted by Gasteiger charge is -2.19. The van der Waals surface area contributed by atoms with E-state index in [1.807, 2.05) is 0 Å². The van der Waals surface area contributed by atoms with Gasteiger partial charge in [0.1, 0.15) is 0 Å². The molecule has 90 valence electrons.